The fraction of sp³-hybridized carbons (Fsp3) is 0.409. The Morgan fingerprint density at radius 2 is 1.86 bits per heavy atom. The molecule has 2 aliphatic rings. The van der Waals surface area contributed by atoms with Crippen molar-refractivity contribution in [1.82, 2.24) is 19.8 Å². The summed E-state index contributed by atoms with van der Waals surface area (Å²) >= 11 is 0. The van der Waals surface area contributed by atoms with E-state index in [0.29, 0.717) is 31.7 Å². The third kappa shape index (κ3) is 3.30. The third-order valence-corrected chi connectivity index (χ3v) is 6.12. The highest BCUT2D eigenvalue weighted by Gasteiger charge is 2.37. The van der Waals surface area contributed by atoms with E-state index in [1.807, 2.05) is 29.2 Å². The number of fused-ring (bicyclic) bond motifs is 1. The highest BCUT2D eigenvalue weighted by Crippen LogP contribution is 2.34. The van der Waals surface area contributed by atoms with Crippen LogP contribution in [-0.4, -0.2) is 51.2 Å². The molecule has 2 fully saturated rings. The fourth-order valence-corrected chi connectivity index (χ4v) is 4.57. The molecular formula is C22H24N4O3. The van der Waals surface area contributed by atoms with Crippen LogP contribution in [0.1, 0.15) is 48.1 Å². The first-order valence-electron chi connectivity index (χ1n) is 10.3. The lowest BCUT2D eigenvalue weighted by Gasteiger charge is -2.34. The van der Waals surface area contributed by atoms with Gasteiger partial charge in [-0.15, -0.1) is 0 Å². The molecule has 0 aliphatic carbocycles. The van der Waals surface area contributed by atoms with Gasteiger partial charge >= 0.3 is 0 Å². The number of nitrogens with zero attached hydrogens (tertiary/aromatic N) is 3. The summed E-state index contributed by atoms with van der Waals surface area (Å²) in [4.78, 5) is 37.6. The zero-order valence-electron chi connectivity index (χ0n) is 16.2. The predicted octanol–water partition coefficient (Wildman–Crippen LogP) is 3.37. The molecule has 2 amide bonds. The molecule has 29 heavy (non-hydrogen) atoms. The summed E-state index contributed by atoms with van der Waals surface area (Å²) < 4.78 is 5.22. The number of benzene rings is 1. The van der Waals surface area contributed by atoms with Crippen molar-refractivity contribution in [1.29, 1.82) is 0 Å². The second-order valence-electron chi connectivity index (χ2n) is 7.87. The molecule has 7 heteroatoms. The molecule has 0 spiro atoms. The normalized spacial score (nSPS) is 20.5. The summed E-state index contributed by atoms with van der Waals surface area (Å²) in [6.45, 7) is 1.93. The van der Waals surface area contributed by atoms with Crippen LogP contribution in [0.3, 0.4) is 0 Å². The zero-order valence-corrected chi connectivity index (χ0v) is 16.2. The summed E-state index contributed by atoms with van der Waals surface area (Å²) in [6.07, 6.45) is 4.81. The number of para-hydroxylation sites is 2. The van der Waals surface area contributed by atoms with Crippen molar-refractivity contribution in [3.63, 3.8) is 0 Å². The summed E-state index contributed by atoms with van der Waals surface area (Å²) in [5.41, 5.74) is 1.94. The molecular weight excluding hydrogens is 368 g/mol. The van der Waals surface area contributed by atoms with E-state index in [2.05, 4.69) is 4.98 Å². The molecule has 0 radical (unpaired) electrons. The Morgan fingerprint density at radius 3 is 2.62 bits per heavy atom. The summed E-state index contributed by atoms with van der Waals surface area (Å²) in [6, 6.07) is 11.4. The van der Waals surface area contributed by atoms with E-state index in [1.165, 1.54) is 6.26 Å². The second kappa shape index (κ2) is 7.39. The molecule has 4 heterocycles. The van der Waals surface area contributed by atoms with Crippen LogP contribution in [0.5, 0.6) is 0 Å². The average molecular weight is 392 g/mol. The molecule has 1 N–H and O–H groups in total. The van der Waals surface area contributed by atoms with Gasteiger partial charge in [0, 0.05) is 25.6 Å². The second-order valence-corrected chi connectivity index (χ2v) is 7.87. The molecule has 2 aromatic heterocycles. The number of aromatic nitrogens is 2. The molecule has 0 unspecified atom stereocenters. The summed E-state index contributed by atoms with van der Waals surface area (Å²) in [5, 5.41) is 0. The first-order valence-corrected chi connectivity index (χ1v) is 10.3. The number of hydrogen-bond donors (Lipinski definition) is 1. The maximum Gasteiger partial charge on any atom is 0.289 e. The van der Waals surface area contributed by atoms with Crippen LogP contribution >= 0.6 is 0 Å². The number of aromatic amines is 1. The minimum Gasteiger partial charge on any atom is -0.459 e. The van der Waals surface area contributed by atoms with E-state index in [1.54, 1.807) is 17.0 Å². The van der Waals surface area contributed by atoms with Crippen molar-refractivity contribution in [2.45, 2.75) is 31.7 Å². The number of nitrogens with one attached hydrogen (secondary N) is 1. The van der Waals surface area contributed by atoms with Gasteiger partial charge in [-0.3, -0.25) is 9.59 Å². The number of rotatable bonds is 3. The van der Waals surface area contributed by atoms with Crippen molar-refractivity contribution >= 4 is 22.8 Å². The van der Waals surface area contributed by atoms with Gasteiger partial charge in [-0.2, -0.15) is 0 Å². The van der Waals surface area contributed by atoms with Gasteiger partial charge in [-0.1, -0.05) is 12.1 Å². The van der Waals surface area contributed by atoms with Crippen molar-refractivity contribution in [2.75, 3.05) is 19.6 Å². The third-order valence-electron chi connectivity index (χ3n) is 6.12. The van der Waals surface area contributed by atoms with Gasteiger partial charge in [0.2, 0.25) is 5.91 Å². The Balaban J connectivity index is 1.26. The van der Waals surface area contributed by atoms with E-state index in [-0.39, 0.29) is 23.8 Å². The summed E-state index contributed by atoms with van der Waals surface area (Å²) in [7, 11) is 0. The number of amides is 2. The lowest BCUT2D eigenvalue weighted by atomic mass is 9.94. The number of imidazole rings is 1. The van der Waals surface area contributed by atoms with E-state index in [9.17, 15) is 9.59 Å². The molecule has 0 bridgehead atoms. The Labute approximate surface area is 168 Å². The SMILES string of the molecule is O=C(c1ccco1)N1CCC(C(=O)N2CCC[C@@H]2c2nc3ccccc3[nH]2)CC1. The van der Waals surface area contributed by atoms with Gasteiger partial charge in [0.25, 0.3) is 5.91 Å². The molecule has 1 aromatic carbocycles. The number of H-pyrrole nitrogens is 1. The highest BCUT2D eigenvalue weighted by atomic mass is 16.3. The minimum atomic E-state index is -0.0952. The number of likely N-dealkylation sites (tertiary alicyclic amines) is 2. The maximum absolute atomic E-state index is 13.3. The number of piperidine rings is 1. The topological polar surface area (TPSA) is 82.4 Å². The van der Waals surface area contributed by atoms with Crippen LogP contribution in [-0.2, 0) is 4.79 Å². The van der Waals surface area contributed by atoms with Gasteiger partial charge in [-0.05, 0) is 49.9 Å². The Morgan fingerprint density at radius 1 is 1.03 bits per heavy atom. The van der Waals surface area contributed by atoms with Crippen molar-refractivity contribution in [2.24, 2.45) is 5.92 Å². The van der Waals surface area contributed by atoms with E-state index in [4.69, 9.17) is 9.40 Å². The lowest BCUT2D eigenvalue weighted by Crippen LogP contribution is -2.44. The van der Waals surface area contributed by atoms with Crippen LogP contribution in [0.2, 0.25) is 0 Å². The average Bonchev–Trinajstić information content (AvgIpc) is 3.52. The van der Waals surface area contributed by atoms with Crippen LogP contribution in [0, 0.1) is 5.92 Å². The molecule has 150 valence electrons. The van der Waals surface area contributed by atoms with Crippen molar-refractivity contribution < 1.29 is 14.0 Å². The standard InChI is InChI=1S/C22H24N4O3/c27-21(15-9-12-25(13-10-15)22(28)19-8-4-14-29-19)26-11-3-7-18(26)20-23-16-5-1-2-6-17(16)24-20/h1-2,4-6,8,14-15,18H,3,7,9-13H2,(H,23,24)/t18-/m1/s1. The Hall–Kier alpha value is -3.09. The van der Waals surface area contributed by atoms with Gasteiger partial charge < -0.3 is 19.2 Å². The zero-order chi connectivity index (χ0) is 19.8. The molecule has 2 saturated heterocycles. The highest BCUT2D eigenvalue weighted by molar-refractivity contribution is 5.91. The largest absolute Gasteiger partial charge is 0.459 e. The first kappa shape index (κ1) is 18.0. The van der Waals surface area contributed by atoms with Gasteiger partial charge in [0.05, 0.1) is 23.3 Å². The first-order chi connectivity index (χ1) is 14.2. The smallest absolute Gasteiger partial charge is 0.289 e. The predicted molar refractivity (Wildman–Crippen MR) is 107 cm³/mol. The number of carbonyl (C=O) groups is 2. The number of furan rings is 1. The maximum atomic E-state index is 13.3. The molecule has 0 saturated carbocycles. The van der Waals surface area contributed by atoms with Gasteiger partial charge in [0.1, 0.15) is 5.82 Å². The molecule has 2 aliphatic heterocycles. The monoisotopic (exact) mass is 392 g/mol. The van der Waals surface area contributed by atoms with Crippen LogP contribution in [0.4, 0.5) is 0 Å². The van der Waals surface area contributed by atoms with Gasteiger partial charge in [0.15, 0.2) is 5.76 Å². The van der Waals surface area contributed by atoms with E-state index >= 15 is 0 Å². The van der Waals surface area contributed by atoms with E-state index < -0.39 is 0 Å². The van der Waals surface area contributed by atoms with Crippen molar-refractivity contribution in [3.8, 4) is 0 Å². The van der Waals surface area contributed by atoms with E-state index in [0.717, 1.165) is 36.2 Å². The van der Waals surface area contributed by atoms with Crippen LogP contribution < -0.4 is 0 Å². The Kier molecular flexibility index (Phi) is 4.58. The van der Waals surface area contributed by atoms with Crippen LogP contribution in [0.25, 0.3) is 11.0 Å². The number of carbonyl (C=O) groups excluding carboxylic acids is 2. The molecule has 7 nitrogen and oxygen atoms in total. The molecule has 5 rings (SSSR count). The lowest BCUT2D eigenvalue weighted by molar-refractivity contribution is -0.138. The van der Waals surface area contributed by atoms with Gasteiger partial charge in [-0.25, -0.2) is 4.98 Å². The number of hydrogen-bond acceptors (Lipinski definition) is 4. The quantitative estimate of drug-likeness (QED) is 0.741. The summed E-state index contributed by atoms with van der Waals surface area (Å²) in [5.74, 6) is 1.29. The molecule has 3 aromatic rings. The van der Waals surface area contributed by atoms with Crippen molar-refractivity contribution in [3.05, 3.63) is 54.2 Å². The Bertz CT molecular complexity index is 985. The van der Waals surface area contributed by atoms with Crippen LogP contribution in [0.15, 0.2) is 47.1 Å². The minimum absolute atomic E-state index is 0.0117. The molecule has 1 atom stereocenters. The fourth-order valence-electron chi connectivity index (χ4n) is 4.57.